The van der Waals surface area contributed by atoms with Gasteiger partial charge in [-0.05, 0) is 19.9 Å². The highest BCUT2D eigenvalue weighted by molar-refractivity contribution is 5.92. The minimum absolute atomic E-state index is 0.0989. The number of esters is 1. The third-order valence-electron chi connectivity index (χ3n) is 3.26. The van der Waals surface area contributed by atoms with Crippen LogP contribution in [0, 0.1) is 0 Å². The molecule has 1 aliphatic rings. The number of hydrogen-bond donors (Lipinski definition) is 1. The lowest BCUT2D eigenvalue weighted by atomic mass is 10.3. The molecule has 1 atom stereocenters. The lowest BCUT2D eigenvalue weighted by molar-refractivity contribution is -0.133. The second-order valence-corrected chi connectivity index (χ2v) is 5.10. The molecule has 0 aromatic carbocycles. The first kappa shape index (κ1) is 13.5. The minimum atomic E-state index is -0.672. The van der Waals surface area contributed by atoms with E-state index in [-0.39, 0.29) is 11.9 Å². The van der Waals surface area contributed by atoms with Crippen LogP contribution in [0.3, 0.4) is 0 Å². The fraction of sp³-hybridized carbons (Fsp3) is 0.538. The molecule has 0 aliphatic carbocycles. The summed E-state index contributed by atoms with van der Waals surface area (Å²) in [6, 6.07) is 1.67. The number of carbonyl (C=O) groups is 2. The number of nitrogen functional groups attached to an aromatic ring is 1. The number of likely N-dealkylation sites (tertiary alicyclic amines) is 1. The van der Waals surface area contributed by atoms with E-state index in [0.717, 1.165) is 0 Å². The summed E-state index contributed by atoms with van der Waals surface area (Å²) < 4.78 is 7.03. The molecule has 1 fully saturated rings. The Labute approximate surface area is 112 Å². The Bertz CT molecular complexity index is 507. The summed E-state index contributed by atoms with van der Waals surface area (Å²) in [5, 5.41) is 0. The number of amides is 1. The molecule has 6 heteroatoms. The number of likely N-dealkylation sites (N-methyl/N-ethyl adjacent to an activating group) is 1. The second kappa shape index (κ2) is 4.95. The van der Waals surface area contributed by atoms with Gasteiger partial charge in [0.15, 0.2) is 6.10 Å². The van der Waals surface area contributed by atoms with Crippen molar-refractivity contribution in [3.8, 4) is 0 Å². The maximum absolute atomic E-state index is 12.1. The number of aromatic nitrogens is 1. The third-order valence-corrected chi connectivity index (χ3v) is 3.26. The van der Waals surface area contributed by atoms with Crippen molar-refractivity contribution in [3.63, 3.8) is 0 Å². The third kappa shape index (κ3) is 2.57. The zero-order chi connectivity index (χ0) is 14.2. The zero-order valence-electron chi connectivity index (χ0n) is 11.4. The Balaban J connectivity index is 2.14. The molecule has 1 aromatic heterocycles. The van der Waals surface area contributed by atoms with Crippen molar-refractivity contribution in [3.05, 3.63) is 18.0 Å². The van der Waals surface area contributed by atoms with E-state index in [1.807, 2.05) is 13.8 Å². The van der Waals surface area contributed by atoms with E-state index >= 15 is 0 Å². The second-order valence-electron chi connectivity index (χ2n) is 5.10. The van der Waals surface area contributed by atoms with Crippen molar-refractivity contribution < 1.29 is 14.3 Å². The number of nitrogens with two attached hydrogens (primary N) is 1. The molecule has 19 heavy (non-hydrogen) atoms. The number of rotatable bonds is 3. The Morgan fingerprint density at radius 1 is 1.53 bits per heavy atom. The average molecular weight is 265 g/mol. The first-order chi connectivity index (χ1) is 8.90. The van der Waals surface area contributed by atoms with Crippen LogP contribution in [-0.4, -0.2) is 41.0 Å². The lowest BCUT2D eigenvalue weighted by Crippen LogP contribution is -2.30. The predicted molar refractivity (Wildman–Crippen MR) is 70.7 cm³/mol. The molecular weight excluding hydrogens is 246 g/mol. The van der Waals surface area contributed by atoms with E-state index < -0.39 is 12.1 Å². The molecule has 2 heterocycles. The van der Waals surface area contributed by atoms with Crippen LogP contribution in [-0.2, 0) is 9.53 Å². The van der Waals surface area contributed by atoms with Crippen LogP contribution in [0.25, 0.3) is 0 Å². The molecule has 0 radical (unpaired) electrons. The van der Waals surface area contributed by atoms with Gasteiger partial charge in [0.05, 0.1) is 5.69 Å². The highest BCUT2D eigenvalue weighted by atomic mass is 16.5. The molecule has 2 N–H and O–H groups in total. The summed E-state index contributed by atoms with van der Waals surface area (Å²) in [6.07, 6.45) is 1.57. The smallest absolute Gasteiger partial charge is 0.355 e. The Morgan fingerprint density at radius 3 is 2.74 bits per heavy atom. The molecular formula is C13H19N3O3. The fourth-order valence-electron chi connectivity index (χ4n) is 2.18. The van der Waals surface area contributed by atoms with Gasteiger partial charge in [0.1, 0.15) is 5.69 Å². The number of carbonyl (C=O) groups excluding carboxylic acids is 2. The van der Waals surface area contributed by atoms with Crippen LogP contribution in [0.15, 0.2) is 12.3 Å². The van der Waals surface area contributed by atoms with Gasteiger partial charge in [-0.25, -0.2) is 4.79 Å². The highest BCUT2D eigenvalue weighted by Gasteiger charge is 2.33. The normalized spacial score (nSPS) is 19.3. The van der Waals surface area contributed by atoms with E-state index in [4.69, 9.17) is 10.5 Å². The number of ether oxygens (including phenoxy) is 1. The van der Waals surface area contributed by atoms with E-state index in [9.17, 15) is 9.59 Å². The number of anilines is 1. The monoisotopic (exact) mass is 265 g/mol. The van der Waals surface area contributed by atoms with Gasteiger partial charge in [0.2, 0.25) is 0 Å². The molecule has 104 valence electrons. The van der Waals surface area contributed by atoms with Crippen LogP contribution >= 0.6 is 0 Å². The Kier molecular flexibility index (Phi) is 3.50. The summed E-state index contributed by atoms with van der Waals surface area (Å²) in [4.78, 5) is 25.4. The first-order valence-electron chi connectivity index (χ1n) is 6.33. The van der Waals surface area contributed by atoms with Gasteiger partial charge in [-0.3, -0.25) is 4.79 Å². The van der Waals surface area contributed by atoms with Gasteiger partial charge in [-0.1, -0.05) is 0 Å². The topological polar surface area (TPSA) is 77.6 Å². The zero-order valence-corrected chi connectivity index (χ0v) is 11.4. The van der Waals surface area contributed by atoms with Crippen molar-refractivity contribution in [2.45, 2.75) is 32.4 Å². The van der Waals surface area contributed by atoms with Crippen LogP contribution in [0.5, 0.6) is 0 Å². The number of hydrogen-bond acceptors (Lipinski definition) is 4. The number of nitrogens with zero attached hydrogens (tertiary/aromatic N) is 2. The van der Waals surface area contributed by atoms with E-state index in [1.54, 1.807) is 28.8 Å². The van der Waals surface area contributed by atoms with Gasteiger partial charge in [0, 0.05) is 32.3 Å². The average Bonchev–Trinajstić information content (AvgIpc) is 2.87. The predicted octanol–water partition coefficient (Wildman–Crippen LogP) is 1.04. The standard InChI is InChI=1S/C13H19N3O3/c1-8(2)16-7-9(14)6-10(16)13(18)19-11-4-5-15(3)12(11)17/h6-8,11H,4-5,14H2,1-3H3. The van der Waals surface area contributed by atoms with Crippen LogP contribution in [0.4, 0.5) is 5.69 Å². The van der Waals surface area contributed by atoms with Crippen molar-refractivity contribution in [1.82, 2.24) is 9.47 Å². The lowest BCUT2D eigenvalue weighted by Gasteiger charge is -2.14. The maximum Gasteiger partial charge on any atom is 0.355 e. The van der Waals surface area contributed by atoms with Crippen molar-refractivity contribution in [2.75, 3.05) is 19.3 Å². The summed E-state index contributed by atoms with van der Waals surface area (Å²) >= 11 is 0. The Morgan fingerprint density at radius 2 is 2.21 bits per heavy atom. The first-order valence-corrected chi connectivity index (χ1v) is 6.33. The molecule has 6 nitrogen and oxygen atoms in total. The fourth-order valence-corrected chi connectivity index (χ4v) is 2.18. The molecule has 1 saturated heterocycles. The SMILES string of the molecule is CC(C)n1cc(N)cc1C(=O)OC1CCN(C)C1=O. The van der Waals surface area contributed by atoms with Gasteiger partial charge in [0.25, 0.3) is 5.91 Å². The van der Waals surface area contributed by atoms with Gasteiger partial charge >= 0.3 is 5.97 Å². The Hall–Kier alpha value is -1.98. The highest BCUT2D eigenvalue weighted by Crippen LogP contribution is 2.20. The van der Waals surface area contributed by atoms with Crippen molar-refractivity contribution in [2.24, 2.45) is 0 Å². The summed E-state index contributed by atoms with van der Waals surface area (Å²) in [5.74, 6) is -0.650. The van der Waals surface area contributed by atoms with E-state index in [2.05, 4.69) is 0 Å². The largest absolute Gasteiger partial charge is 0.448 e. The maximum atomic E-state index is 12.1. The van der Waals surface area contributed by atoms with Crippen LogP contribution < -0.4 is 5.73 Å². The molecule has 1 unspecified atom stereocenters. The van der Waals surface area contributed by atoms with Gasteiger partial charge in [-0.15, -0.1) is 0 Å². The van der Waals surface area contributed by atoms with Crippen LogP contribution in [0.2, 0.25) is 0 Å². The van der Waals surface area contributed by atoms with Gasteiger partial charge < -0.3 is 19.9 Å². The molecule has 1 amide bonds. The molecule has 0 bridgehead atoms. The van der Waals surface area contributed by atoms with Crippen molar-refractivity contribution >= 4 is 17.6 Å². The minimum Gasteiger partial charge on any atom is -0.448 e. The summed E-state index contributed by atoms with van der Waals surface area (Å²) in [7, 11) is 1.70. The van der Waals surface area contributed by atoms with Crippen molar-refractivity contribution in [1.29, 1.82) is 0 Å². The molecule has 0 saturated carbocycles. The summed E-state index contributed by atoms with van der Waals surface area (Å²) in [5.41, 5.74) is 6.60. The molecule has 1 aliphatic heterocycles. The van der Waals surface area contributed by atoms with Crippen LogP contribution in [0.1, 0.15) is 36.8 Å². The summed E-state index contributed by atoms with van der Waals surface area (Å²) in [6.45, 7) is 4.51. The molecule has 2 rings (SSSR count). The van der Waals surface area contributed by atoms with E-state index in [1.165, 1.54) is 0 Å². The molecule has 0 spiro atoms. The quantitative estimate of drug-likeness (QED) is 0.828. The van der Waals surface area contributed by atoms with Gasteiger partial charge in [-0.2, -0.15) is 0 Å². The molecule has 1 aromatic rings. The van der Waals surface area contributed by atoms with E-state index in [0.29, 0.717) is 24.3 Å².